The molecule has 30 heavy (non-hydrogen) atoms. The van der Waals surface area contributed by atoms with Crippen molar-refractivity contribution < 1.29 is 4.42 Å². The smallest absolute Gasteiger partial charge is 0.159 e. The molecule has 4 aromatic rings. The van der Waals surface area contributed by atoms with Crippen LogP contribution >= 0.6 is 0 Å². The number of likely N-dealkylation sites (tertiary alicyclic amines) is 1. The van der Waals surface area contributed by atoms with Gasteiger partial charge in [-0.05, 0) is 49.2 Å². The van der Waals surface area contributed by atoms with Gasteiger partial charge in [0, 0.05) is 42.2 Å². The first-order valence-electron chi connectivity index (χ1n) is 10.4. The number of benzene rings is 1. The van der Waals surface area contributed by atoms with Crippen molar-refractivity contribution in [2.75, 3.05) is 13.1 Å². The van der Waals surface area contributed by atoms with Gasteiger partial charge in [-0.1, -0.05) is 30.3 Å². The van der Waals surface area contributed by atoms with Crippen LogP contribution in [0.3, 0.4) is 0 Å². The van der Waals surface area contributed by atoms with Crippen molar-refractivity contribution in [3.63, 3.8) is 0 Å². The minimum atomic E-state index is 0.354. The van der Waals surface area contributed by atoms with Crippen LogP contribution in [-0.4, -0.2) is 32.9 Å². The van der Waals surface area contributed by atoms with E-state index >= 15 is 0 Å². The molecule has 4 heterocycles. The molecular formula is C25H24N4O. The van der Waals surface area contributed by atoms with Gasteiger partial charge in [0.1, 0.15) is 5.76 Å². The van der Waals surface area contributed by atoms with Gasteiger partial charge in [0.25, 0.3) is 0 Å². The molecular weight excluding hydrogens is 372 g/mol. The summed E-state index contributed by atoms with van der Waals surface area (Å²) in [5, 5.41) is 0. The summed E-state index contributed by atoms with van der Waals surface area (Å²) in [5.74, 6) is 2.13. The van der Waals surface area contributed by atoms with Gasteiger partial charge in [-0.15, -0.1) is 0 Å². The van der Waals surface area contributed by atoms with E-state index in [1.165, 1.54) is 0 Å². The predicted octanol–water partition coefficient (Wildman–Crippen LogP) is 5.18. The second kappa shape index (κ2) is 8.59. The van der Waals surface area contributed by atoms with E-state index in [1.807, 2.05) is 36.5 Å². The van der Waals surface area contributed by atoms with E-state index in [-0.39, 0.29) is 0 Å². The topological polar surface area (TPSA) is 55.1 Å². The molecule has 0 bridgehead atoms. The lowest BCUT2D eigenvalue weighted by molar-refractivity contribution is 0.185. The zero-order valence-electron chi connectivity index (χ0n) is 16.8. The summed E-state index contributed by atoms with van der Waals surface area (Å²) in [4.78, 5) is 16.4. The first-order valence-corrected chi connectivity index (χ1v) is 10.4. The second-order valence-electron chi connectivity index (χ2n) is 7.75. The zero-order valence-corrected chi connectivity index (χ0v) is 16.8. The highest BCUT2D eigenvalue weighted by molar-refractivity contribution is 5.67. The third-order valence-electron chi connectivity index (χ3n) is 5.69. The van der Waals surface area contributed by atoms with E-state index in [4.69, 9.17) is 14.4 Å². The SMILES string of the molecule is c1ccc(-c2cnc(-c3ccncc3)nc2C2CCCN(Cc3ccco3)C2)cc1. The molecule has 5 rings (SSSR count). The summed E-state index contributed by atoms with van der Waals surface area (Å²) in [6.07, 6.45) is 9.58. The van der Waals surface area contributed by atoms with E-state index in [9.17, 15) is 0 Å². The fourth-order valence-electron chi connectivity index (χ4n) is 4.23. The lowest BCUT2D eigenvalue weighted by atomic mass is 9.89. The molecule has 150 valence electrons. The molecule has 1 unspecified atom stereocenters. The average molecular weight is 396 g/mol. The van der Waals surface area contributed by atoms with Crippen LogP contribution in [0.25, 0.3) is 22.5 Å². The average Bonchev–Trinajstić information content (AvgIpc) is 3.33. The number of nitrogens with zero attached hydrogens (tertiary/aromatic N) is 4. The van der Waals surface area contributed by atoms with Crippen LogP contribution in [-0.2, 0) is 6.54 Å². The molecule has 1 saturated heterocycles. The van der Waals surface area contributed by atoms with Gasteiger partial charge in [0.05, 0.1) is 18.5 Å². The van der Waals surface area contributed by atoms with Gasteiger partial charge in [-0.2, -0.15) is 0 Å². The van der Waals surface area contributed by atoms with Gasteiger partial charge >= 0.3 is 0 Å². The van der Waals surface area contributed by atoms with Crippen molar-refractivity contribution in [1.29, 1.82) is 0 Å². The zero-order chi connectivity index (χ0) is 20.2. The van der Waals surface area contributed by atoms with E-state index < -0.39 is 0 Å². The van der Waals surface area contributed by atoms with Crippen LogP contribution in [0.1, 0.15) is 30.2 Å². The molecule has 1 aliphatic heterocycles. The minimum Gasteiger partial charge on any atom is -0.468 e. The number of rotatable bonds is 5. The summed E-state index contributed by atoms with van der Waals surface area (Å²) in [6, 6.07) is 18.4. The third kappa shape index (κ3) is 4.02. The van der Waals surface area contributed by atoms with Gasteiger partial charge in [-0.3, -0.25) is 9.88 Å². The predicted molar refractivity (Wildman–Crippen MR) is 117 cm³/mol. The normalized spacial score (nSPS) is 17.1. The molecule has 0 N–H and O–H groups in total. The van der Waals surface area contributed by atoms with Crippen molar-refractivity contribution in [2.24, 2.45) is 0 Å². The van der Waals surface area contributed by atoms with Gasteiger partial charge < -0.3 is 4.42 Å². The number of furan rings is 1. The largest absolute Gasteiger partial charge is 0.468 e. The Balaban J connectivity index is 1.51. The Morgan fingerprint density at radius 3 is 2.63 bits per heavy atom. The Labute approximate surface area is 176 Å². The monoisotopic (exact) mass is 396 g/mol. The summed E-state index contributed by atoms with van der Waals surface area (Å²) >= 11 is 0. The van der Waals surface area contributed by atoms with Crippen LogP contribution in [0.2, 0.25) is 0 Å². The van der Waals surface area contributed by atoms with Crippen molar-refractivity contribution in [1.82, 2.24) is 19.9 Å². The van der Waals surface area contributed by atoms with Crippen LogP contribution in [0.4, 0.5) is 0 Å². The summed E-state index contributed by atoms with van der Waals surface area (Å²) in [6.45, 7) is 2.89. The van der Waals surface area contributed by atoms with Gasteiger partial charge in [-0.25, -0.2) is 9.97 Å². The van der Waals surface area contributed by atoms with Crippen molar-refractivity contribution in [3.8, 4) is 22.5 Å². The third-order valence-corrected chi connectivity index (χ3v) is 5.69. The highest BCUT2D eigenvalue weighted by Gasteiger charge is 2.26. The maximum Gasteiger partial charge on any atom is 0.159 e. The maximum absolute atomic E-state index is 5.57. The number of piperidine rings is 1. The van der Waals surface area contributed by atoms with Crippen molar-refractivity contribution in [3.05, 3.63) is 90.9 Å². The van der Waals surface area contributed by atoms with Crippen LogP contribution in [0, 0.1) is 0 Å². The molecule has 1 fully saturated rings. The minimum absolute atomic E-state index is 0.354. The molecule has 0 spiro atoms. The fourth-order valence-corrected chi connectivity index (χ4v) is 4.23. The Bertz CT molecular complexity index is 1080. The molecule has 0 amide bonds. The summed E-state index contributed by atoms with van der Waals surface area (Å²) in [7, 11) is 0. The second-order valence-corrected chi connectivity index (χ2v) is 7.75. The van der Waals surface area contributed by atoms with E-state index in [0.717, 1.165) is 66.4 Å². The van der Waals surface area contributed by atoms with Crippen molar-refractivity contribution >= 4 is 0 Å². The number of hydrogen-bond acceptors (Lipinski definition) is 5. The van der Waals surface area contributed by atoms with E-state index in [0.29, 0.717) is 5.92 Å². The van der Waals surface area contributed by atoms with Crippen LogP contribution < -0.4 is 0 Å². The molecule has 5 nitrogen and oxygen atoms in total. The number of pyridine rings is 1. The molecule has 0 aliphatic carbocycles. The van der Waals surface area contributed by atoms with Crippen LogP contribution in [0.5, 0.6) is 0 Å². The highest BCUT2D eigenvalue weighted by atomic mass is 16.3. The molecule has 1 atom stereocenters. The molecule has 1 aromatic carbocycles. The Morgan fingerprint density at radius 2 is 1.83 bits per heavy atom. The first-order chi connectivity index (χ1) is 14.9. The highest BCUT2D eigenvalue weighted by Crippen LogP contribution is 2.34. The Morgan fingerprint density at radius 1 is 0.967 bits per heavy atom. The van der Waals surface area contributed by atoms with E-state index in [1.54, 1.807) is 18.7 Å². The quantitative estimate of drug-likeness (QED) is 0.465. The lowest BCUT2D eigenvalue weighted by Gasteiger charge is -2.32. The molecule has 5 heteroatoms. The first kappa shape index (κ1) is 18.7. The van der Waals surface area contributed by atoms with E-state index in [2.05, 4.69) is 34.1 Å². The molecule has 1 aliphatic rings. The van der Waals surface area contributed by atoms with Gasteiger partial charge in [0.2, 0.25) is 0 Å². The van der Waals surface area contributed by atoms with Crippen LogP contribution in [0.15, 0.2) is 83.9 Å². The van der Waals surface area contributed by atoms with Gasteiger partial charge in [0.15, 0.2) is 5.82 Å². The molecule has 0 radical (unpaired) electrons. The number of hydrogen-bond donors (Lipinski definition) is 0. The summed E-state index contributed by atoms with van der Waals surface area (Å²) < 4.78 is 5.57. The standard InChI is InChI=1S/C25H24N4O/c1-2-6-19(7-3-1)23-16-27-25(20-10-12-26-13-11-20)28-24(23)21-8-4-14-29(17-21)18-22-9-5-15-30-22/h1-3,5-7,9-13,15-16,21H,4,8,14,17-18H2. The van der Waals surface area contributed by atoms with Crippen molar-refractivity contribution in [2.45, 2.75) is 25.3 Å². The lowest BCUT2D eigenvalue weighted by Crippen LogP contribution is -2.34. The maximum atomic E-state index is 5.57. The Hall–Kier alpha value is -3.31. The fraction of sp³-hybridized carbons (Fsp3) is 0.240. The molecule has 0 saturated carbocycles. The summed E-state index contributed by atoms with van der Waals surface area (Å²) in [5.41, 5.74) is 4.41. The number of aromatic nitrogens is 3. The molecule has 3 aromatic heterocycles. The Kier molecular flexibility index (Phi) is 5.36.